The Morgan fingerprint density at radius 1 is 1.19 bits per heavy atom. The van der Waals surface area contributed by atoms with Gasteiger partial charge in [0.25, 0.3) is 0 Å². The van der Waals surface area contributed by atoms with Crippen molar-refractivity contribution in [1.29, 1.82) is 0 Å². The van der Waals surface area contributed by atoms with Crippen molar-refractivity contribution in [3.05, 3.63) is 59.9 Å². The molecular formula is C16H18FN3O. The van der Waals surface area contributed by atoms with Crippen LogP contribution in [-0.4, -0.2) is 6.03 Å². The number of nitrogens with two attached hydrogens (primary N) is 1. The monoisotopic (exact) mass is 287 g/mol. The van der Waals surface area contributed by atoms with Crippen molar-refractivity contribution >= 4 is 17.4 Å². The van der Waals surface area contributed by atoms with E-state index in [-0.39, 0.29) is 11.9 Å². The first kappa shape index (κ1) is 14.8. The normalized spacial score (nSPS) is 11.7. The summed E-state index contributed by atoms with van der Waals surface area (Å²) in [6.45, 7) is 2.03. The molecule has 1 atom stereocenters. The fraction of sp³-hybridized carbons (Fsp3) is 0.188. The smallest absolute Gasteiger partial charge is 0.316 e. The number of amides is 2. The molecule has 4 nitrogen and oxygen atoms in total. The molecule has 21 heavy (non-hydrogen) atoms. The average Bonchev–Trinajstić information content (AvgIpc) is 2.46. The van der Waals surface area contributed by atoms with Crippen molar-refractivity contribution < 1.29 is 9.18 Å². The van der Waals surface area contributed by atoms with Crippen LogP contribution in [0.2, 0.25) is 0 Å². The van der Waals surface area contributed by atoms with Gasteiger partial charge in [0, 0.05) is 11.4 Å². The van der Waals surface area contributed by atoms with E-state index in [1.54, 1.807) is 18.2 Å². The third kappa shape index (κ3) is 4.21. The van der Waals surface area contributed by atoms with E-state index in [0.717, 1.165) is 17.7 Å². The largest absolute Gasteiger partial charge is 0.378 e. The maximum Gasteiger partial charge on any atom is 0.316 e. The Balaban J connectivity index is 2.10. The molecule has 1 unspecified atom stereocenters. The summed E-state index contributed by atoms with van der Waals surface area (Å²) >= 11 is 0. The van der Waals surface area contributed by atoms with Gasteiger partial charge in [-0.15, -0.1) is 0 Å². The number of rotatable bonds is 5. The van der Waals surface area contributed by atoms with E-state index < -0.39 is 6.03 Å². The highest BCUT2D eigenvalue weighted by molar-refractivity contribution is 5.87. The molecule has 2 rings (SSSR count). The van der Waals surface area contributed by atoms with Crippen LogP contribution in [0.25, 0.3) is 0 Å². The number of carbonyl (C=O) groups excluding carboxylic acids is 1. The number of carbonyl (C=O) groups is 1. The molecule has 0 fully saturated rings. The fourth-order valence-corrected chi connectivity index (χ4v) is 2.14. The number of anilines is 2. The first-order valence-corrected chi connectivity index (χ1v) is 6.77. The zero-order valence-electron chi connectivity index (χ0n) is 11.8. The highest BCUT2D eigenvalue weighted by atomic mass is 19.1. The number of benzene rings is 2. The van der Waals surface area contributed by atoms with E-state index in [1.807, 2.05) is 25.1 Å². The zero-order valence-corrected chi connectivity index (χ0v) is 11.8. The number of hydrogen-bond acceptors (Lipinski definition) is 2. The zero-order chi connectivity index (χ0) is 15.2. The maximum atomic E-state index is 13.3. The van der Waals surface area contributed by atoms with Crippen LogP contribution in [0.5, 0.6) is 0 Å². The van der Waals surface area contributed by atoms with Crippen LogP contribution in [0, 0.1) is 5.82 Å². The molecular weight excluding hydrogens is 269 g/mol. The second-order valence-electron chi connectivity index (χ2n) is 4.73. The highest BCUT2D eigenvalue weighted by Crippen LogP contribution is 2.24. The van der Waals surface area contributed by atoms with Gasteiger partial charge in [0.05, 0.1) is 6.04 Å². The molecule has 0 aliphatic rings. The lowest BCUT2D eigenvalue weighted by atomic mass is 10.0. The van der Waals surface area contributed by atoms with Gasteiger partial charge in [-0.2, -0.15) is 0 Å². The van der Waals surface area contributed by atoms with Gasteiger partial charge in [0.15, 0.2) is 0 Å². The molecule has 0 saturated heterocycles. The average molecular weight is 287 g/mol. The predicted molar refractivity (Wildman–Crippen MR) is 82.7 cm³/mol. The van der Waals surface area contributed by atoms with Crippen molar-refractivity contribution in [1.82, 2.24) is 0 Å². The topological polar surface area (TPSA) is 67.2 Å². The van der Waals surface area contributed by atoms with Crippen LogP contribution in [0.3, 0.4) is 0 Å². The van der Waals surface area contributed by atoms with Crippen LogP contribution in [0.4, 0.5) is 20.6 Å². The third-order valence-corrected chi connectivity index (χ3v) is 3.15. The van der Waals surface area contributed by atoms with Crippen LogP contribution in [0.1, 0.15) is 24.9 Å². The molecule has 110 valence electrons. The molecule has 5 heteroatoms. The van der Waals surface area contributed by atoms with E-state index in [4.69, 9.17) is 5.73 Å². The minimum Gasteiger partial charge on any atom is -0.378 e. The summed E-state index contributed by atoms with van der Waals surface area (Å²) in [5, 5.41) is 5.84. The summed E-state index contributed by atoms with van der Waals surface area (Å²) < 4.78 is 13.3. The fourth-order valence-electron chi connectivity index (χ4n) is 2.14. The van der Waals surface area contributed by atoms with Gasteiger partial charge < -0.3 is 16.4 Å². The SMILES string of the molecule is CCC(Nc1ccc(NC(N)=O)cc1)c1cccc(F)c1. The van der Waals surface area contributed by atoms with Gasteiger partial charge in [-0.3, -0.25) is 0 Å². The van der Waals surface area contributed by atoms with Crippen molar-refractivity contribution in [2.75, 3.05) is 10.6 Å². The molecule has 0 saturated carbocycles. The summed E-state index contributed by atoms with van der Waals surface area (Å²) in [5.74, 6) is -0.242. The molecule has 0 spiro atoms. The second kappa shape index (κ2) is 6.74. The molecule has 0 bridgehead atoms. The van der Waals surface area contributed by atoms with Crippen LogP contribution in [-0.2, 0) is 0 Å². The van der Waals surface area contributed by atoms with E-state index in [2.05, 4.69) is 10.6 Å². The van der Waals surface area contributed by atoms with Crippen LogP contribution in [0.15, 0.2) is 48.5 Å². The number of nitrogens with one attached hydrogen (secondary N) is 2. The minimum absolute atomic E-state index is 0.0237. The quantitative estimate of drug-likeness (QED) is 0.781. The van der Waals surface area contributed by atoms with Crippen molar-refractivity contribution in [2.24, 2.45) is 5.73 Å². The molecule has 2 aromatic rings. The molecule has 2 amide bonds. The van der Waals surface area contributed by atoms with Gasteiger partial charge in [-0.25, -0.2) is 9.18 Å². The number of hydrogen-bond donors (Lipinski definition) is 3. The van der Waals surface area contributed by atoms with Gasteiger partial charge in [0.1, 0.15) is 5.82 Å². The standard InChI is InChI=1S/C16H18FN3O/c1-2-15(11-4-3-5-12(17)10-11)19-13-6-8-14(9-7-13)20-16(18)21/h3-10,15,19H,2H2,1H3,(H3,18,20,21). The molecule has 0 radical (unpaired) electrons. The van der Waals surface area contributed by atoms with Gasteiger partial charge in [0.2, 0.25) is 0 Å². The minimum atomic E-state index is -0.595. The predicted octanol–water partition coefficient (Wildman–Crippen LogP) is 3.88. The summed E-state index contributed by atoms with van der Waals surface area (Å²) in [4.78, 5) is 10.8. The first-order chi connectivity index (χ1) is 10.1. The Hall–Kier alpha value is -2.56. The summed E-state index contributed by atoms with van der Waals surface area (Å²) in [6, 6.07) is 13.2. The van der Waals surface area contributed by atoms with Gasteiger partial charge in [-0.05, 0) is 48.4 Å². The second-order valence-corrected chi connectivity index (χ2v) is 4.73. The Morgan fingerprint density at radius 2 is 1.86 bits per heavy atom. The Morgan fingerprint density at radius 3 is 2.43 bits per heavy atom. The van der Waals surface area contributed by atoms with Crippen molar-refractivity contribution in [3.8, 4) is 0 Å². The lowest BCUT2D eigenvalue weighted by Gasteiger charge is -2.19. The summed E-state index contributed by atoms with van der Waals surface area (Å²) in [7, 11) is 0. The number of primary amides is 1. The van der Waals surface area contributed by atoms with Gasteiger partial charge in [-0.1, -0.05) is 19.1 Å². The lowest BCUT2D eigenvalue weighted by molar-refractivity contribution is 0.259. The summed E-state index contributed by atoms with van der Waals surface area (Å²) in [6.07, 6.45) is 0.824. The summed E-state index contributed by atoms with van der Waals surface area (Å²) in [5.41, 5.74) is 7.47. The van der Waals surface area contributed by atoms with E-state index in [0.29, 0.717) is 5.69 Å². The third-order valence-electron chi connectivity index (χ3n) is 3.15. The van der Waals surface area contributed by atoms with E-state index in [1.165, 1.54) is 12.1 Å². The lowest BCUT2D eigenvalue weighted by Crippen LogP contribution is -2.19. The molecule has 0 aromatic heterocycles. The molecule has 0 aliphatic carbocycles. The molecule has 0 heterocycles. The first-order valence-electron chi connectivity index (χ1n) is 6.77. The Kier molecular flexibility index (Phi) is 4.77. The van der Waals surface area contributed by atoms with Crippen molar-refractivity contribution in [2.45, 2.75) is 19.4 Å². The van der Waals surface area contributed by atoms with Crippen LogP contribution >= 0.6 is 0 Å². The number of urea groups is 1. The van der Waals surface area contributed by atoms with Crippen LogP contribution < -0.4 is 16.4 Å². The Bertz CT molecular complexity index is 613. The van der Waals surface area contributed by atoms with Crippen molar-refractivity contribution in [3.63, 3.8) is 0 Å². The van der Waals surface area contributed by atoms with E-state index >= 15 is 0 Å². The maximum absolute atomic E-state index is 13.3. The molecule has 4 N–H and O–H groups in total. The van der Waals surface area contributed by atoms with E-state index in [9.17, 15) is 9.18 Å². The Labute approximate surface area is 123 Å². The van der Waals surface area contributed by atoms with Gasteiger partial charge >= 0.3 is 6.03 Å². The highest BCUT2D eigenvalue weighted by Gasteiger charge is 2.09. The molecule has 2 aromatic carbocycles. The number of halogens is 1. The molecule has 0 aliphatic heterocycles.